The van der Waals surface area contributed by atoms with Crippen LogP contribution in [0, 0.1) is 0 Å². The highest BCUT2D eigenvalue weighted by Gasteiger charge is 2.10. The summed E-state index contributed by atoms with van der Waals surface area (Å²) in [5.74, 6) is 0.0394. The number of carbonyl (C=O) groups is 1. The molecule has 0 radical (unpaired) electrons. The maximum Gasteiger partial charge on any atom is 0.414 e. The van der Waals surface area contributed by atoms with Gasteiger partial charge in [0.25, 0.3) is 5.88 Å². The van der Waals surface area contributed by atoms with E-state index in [4.69, 9.17) is 10.5 Å². The molecule has 0 aliphatic rings. The number of hydrogen-bond donors (Lipinski definition) is 2. The van der Waals surface area contributed by atoms with Gasteiger partial charge in [0.05, 0.1) is 12.7 Å². The summed E-state index contributed by atoms with van der Waals surface area (Å²) < 4.78 is 5.39. The fourth-order valence-corrected chi connectivity index (χ4v) is 2.04. The molecule has 0 fully saturated rings. The van der Waals surface area contributed by atoms with Crippen molar-refractivity contribution in [3.8, 4) is 5.88 Å². The zero-order valence-electron chi connectivity index (χ0n) is 9.09. The molecule has 0 spiro atoms. The van der Waals surface area contributed by atoms with Crippen molar-refractivity contribution in [3.05, 3.63) is 33.2 Å². The molecule has 0 aromatic carbocycles. The Kier molecular flexibility index (Phi) is 4.11. The lowest BCUT2D eigenvalue weighted by Gasteiger charge is -2.06. The molecular formula is C10H9BrN4O2S. The van der Waals surface area contributed by atoms with Crippen molar-refractivity contribution in [2.45, 2.75) is 6.54 Å². The summed E-state index contributed by atoms with van der Waals surface area (Å²) in [5.41, 5.74) is 5.53. The largest absolute Gasteiger partial charge is 0.414 e. The van der Waals surface area contributed by atoms with Crippen LogP contribution in [0.3, 0.4) is 0 Å². The SMILES string of the molecule is Nc1ncc(Br)nc1OC(=O)NCc1cccs1. The fraction of sp³-hybridized carbons (Fsp3) is 0.100. The maximum atomic E-state index is 11.5. The number of ether oxygens (including phenoxy) is 1. The first kappa shape index (κ1) is 12.8. The zero-order valence-corrected chi connectivity index (χ0v) is 11.5. The Balaban J connectivity index is 1.92. The van der Waals surface area contributed by atoms with Crippen LogP contribution in [-0.2, 0) is 6.54 Å². The molecule has 18 heavy (non-hydrogen) atoms. The molecular weight excluding hydrogens is 320 g/mol. The van der Waals surface area contributed by atoms with E-state index in [1.54, 1.807) is 11.3 Å². The fourth-order valence-electron chi connectivity index (χ4n) is 1.13. The highest BCUT2D eigenvalue weighted by molar-refractivity contribution is 9.10. The van der Waals surface area contributed by atoms with E-state index in [1.165, 1.54) is 6.20 Å². The van der Waals surface area contributed by atoms with Gasteiger partial charge in [-0.3, -0.25) is 0 Å². The number of halogens is 1. The van der Waals surface area contributed by atoms with Crippen molar-refractivity contribution in [1.82, 2.24) is 15.3 Å². The van der Waals surface area contributed by atoms with Crippen LogP contribution >= 0.6 is 27.3 Å². The Hall–Kier alpha value is -1.67. The Bertz CT molecular complexity index is 547. The average Bonchev–Trinajstić information content (AvgIpc) is 2.84. The molecule has 8 heteroatoms. The third kappa shape index (κ3) is 3.41. The van der Waals surface area contributed by atoms with Crippen LogP contribution < -0.4 is 15.8 Å². The quantitative estimate of drug-likeness (QED) is 0.901. The Labute approximate surface area is 115 Å². The van der Waals surface area contributed by atoms with Crippen LogP contribution in [-0.4, -0.2) is 16.1 Å². The number of nitrogens with one attached hydrogen (secondary N) is 1. The van der Waals surface area contributed by atoms with Gasteiger partial charge in [0.15, 0.2) is 5.82 Å². The number of aromatic nitrogens is 2. The van der Waals surface area contributed by atoms with Crippen molar-refractivity contribution in [1.29, 1.82) is 0 Å². The molecule has 2 aromatic rings. The molecule has 0 aliphatic carbocycles. The Morgan fingerprint density at radius 1 is 1.61 bits per heavy atom. The first-order chi connectivity index (χ1) is 8.65. The predicted octanol–water partition coefficient (Wildman–Crippen LogP) is 2.17. The smallest absolute Gasteiger partial charge is 0.387 e. The molecule has 0 atom stereocenters. The number of amides is 1. The van der Waals surface area contributed by atoms with Crippen LogP contribution in [0.15, 0.2) is 28.3 Å². The monoisotopic (exact) mass is 328 g/mol. The van der Waals surface area contributed by atoms with Crippen molar-refractivity contribution in [2.24, 2.45) is 0 Å². The van der Waals surface area contributed by atoms with E-state index in [1.807, 2.05) is 17.5 Å². The van der Waals surface area contributed by atoms with E-state index in [-0.39, 0.29) is 11.7 Å². The summed E-state index contributed by atoms with van der Waals surface area (Å²) in [5, 5.41) is 4.52. The first-order valence-electron chi connectivity index (χ1n) is 4.91. The summed E-state index contributed by atoms with van der Waals surface area (Å²) in [4.78, 5) is 20.2. The van der Waals surface area contributed by atoms with E-state index in [9.17, 15) is 4.79 Å². The molecule has 2 rings (SSSR count). The zero-order chi connectivity index (χ0) is 13.0. The number of nitrogen functional groups attached to an aromatic ring is 1. The minimum Gasteiger partial charge on any atom is -0.387 e. The second-order valence-electron chi connectivity index (χ2n) is 3.21. The summed E-state index contributed by atoms with van der Waals surface area (Å²) >= 11 is 4.66. The molecule has 2 heterocycles. The van der Waals surface area contributed by atoms with E-state index in [0.717, 1.165) is 4.88 Å². The van der Waals surface area contributed by atoms with Gasteiger partial charge in [0.2, 0.25) is 0 Å². The van der Waals surface area contributed by atoms with Gasteiger partial charge in [-0.15, -0.1) is 11.3 Å². The minimum absolute atomic E-state index is 0.0203. The normalized spacial score (nSPS) is 10.1. The van der Waals surface area contributed by atoms with Crippen LogP contribution in [0.25, 0.3) is 0 Å². The molecule has 0 aliphatic heterocycles. The molecule has 0 bridgehead atoms. The third-order valence-corrected chi connectivity index (χ3v) is 3.17. The molecule has 6 nitrogen and oxygen atoms in total. The predicted molar refractivity (Wildman–Crippen MR) is 71.3 cm³/mol. The van der Waals surface area contributed by atoms with E-state index in [2.05, 4.69) is 31.2 Å². The van der Waals surface area contributed by atoms with E-state index < -0.39 is 6.09 Å². The van der Waals surface area contributed by atoms with Crippen molar-refractivity contribution in [2.75, 3.05) is 5.73 Å². The van der Waals surface area contributed by atoms with Crippen LogP contribution in [0.5, 0.6) is 5.88 Å². The molecule has 0 saturated carbocycles. The van der Waals surface area contributed by atoms with Gasteiger partial charge in [-0.25, -0.2) is 14.8 Å². The number of carbonyl (C=O) groups excluding carboxylic acids is 1. The Morgan fingerprint density at radius 3 is 3.17 bits per heavy atom. The summed E-state index contributed by atoms with van der Waals surface area (Å²) in [6.07, 6.45) is 0.800. The van der Waals surface area contributed by atoms with Crippen LogP contribution in [0.4, 0.5) is 10.6 Å². The lowest BCUT2D eigenvalue weighted by Crippen LogP contribution is -2.26. The standard InChI is InChI=1S/C10H9BrN4O2S/c11-7-5-13-8(12)9(15-7)17-10(16)14-4-6-2-1-3-18-6/h1-3,5H,4H2,(H2,12,13)(H,14,16). The maximum absolute atomic E-state index is 11.5. The van der Waals surface area contributed by atoms with Crippen molar-refractivity contribution < 1.29 is 9.53 Å². The topological polar surface area (TPSA) is 90.1 Å². The van der Waals surface area contributed by atoms with Gasteiger partial charge in [-0.2, -0.15) is 0 Å². The second-order valence-corrected chi connectivity index (χ2v) is 5.05. The van der Waals surface area contributed by atoms with Gasteiger partial charge in [0, 0.05) is 4.88 Å². The van der Waals surface area contributed by atoms with Gasteiger partial charge >= 0.3 is 6.09 Å². The number of nitrogens with zero attached hydrogens (tertiary/aromatic N) is 2. The minimum atomic E-state index is -0.623. The van der Waals surface area contributed by atoms with E-state index in [0.29, 0.717) is 11.1 Å². The molecule has 1 amide bonds. The van der Waals surface area contributed by atoms with Gasteiger partial charge in [0.1, 0.15) is 4.60 Å². The lowest BCUT2D eigenvalue weighted by atomic mass is 10.5. The number of rotatable bonds is 3. The van der Waals surface area contributed by atoms with Crippen LogP contribution in [0.2, 0.25) is 0 Å². The molecule has 2 aromatic heterocycles. The second kappa shape index (κ2) is 5.78. The summed E-state index contributed by atoms with van der Waals surface area (Å²) in [7, 11) is 0. The Morgan fingerprint density at radius 2 is 2.44 bits per heavy atom. The van der Waals surface area contributed by atoms with Crippen LogP contribution in [0.1, 0.15) is 4.88 Å². The molecule has 0 saturated heterocycles. The molecule has 94 valence electrons. The summed E-state index contributed by atoms with van der Waals surface area (Å²) in [6.45, 7) is 0.401. The van der Waals surface area contributed by atoms with Gasteiger partial charge in [-0.05, 0) is 27.4 Å². The number of anilines is 1. The number of hydrogen-bond acceptors (Lipinski definition) is 6. The first-order valence-corrected chi connectivity index (χ1v) is 6.58. The van der Waals surface area contributed by atoms with Gasteiger partial charge in [-0.1, -0.05) is 6.07 Å². The highest BCUT2D eigenvalue weighted by Crippen LogP contribution is 2.18. The van der Waals surface area contributed by atoms with Gasteiger partial charge < -0.3 is 15.8 Å². The third-order valence-electron chi connectivity index (χ3n) is 1.91. The highest BCUT2D eigenvalue weighted by atomic mass is 79.9. The summed E-state index contributed by atoms with van der Waals surface area (Å²) in [6, 6.07) is 3.82. The molecule has 3 N–H and O–H groups in total. The number of nitrogens with two attached hydrogens (primary N) is 1. The molecule has 0 unspecified atom stereocenters. The lowest BCUT2D eigenvalue weighted by molar-refractivity contribution is 0.198. The van der Waals surface area contributed by atoms with Crippen molar-refractivity contribution in [3.63, 3.8) is 0 Å². The number of thiophene rings is 1. The van der Waals surface area contributed by atoms with E-state index >= 15 is 0 Å². The van der Waals surface area contributed by atoms with Crippen molar-refractivity contribution >= 4 is 39.2 Å². The average molecular weight is 329 g/mol.